The molecule has 3 rings (SSSR count). The zero-order valence-electron chi connectivity index (χ0n) is 11.3. The maximum Gasteiger partial charge on any atom is 0.142 e. The Morgan fingerprint density at radius 2 is 1.80 bits per heavy atom. The molecule has 98 valence electrons. The number of carbonyl (C=O) groups is 1. The monoisotopic (exact) mass is 260 g/mol. The van der Waals surface area contributed by atoms with Gasteiger partial charge in [0.25, 0.3) is 0 Å². The topological polar surface area (TPSA) is 17.1 Å². The van der Waals surface area contributed by atoms with Gasteiger partial charge in [-0.15, -0.1) is 0 Å². The Hall–Kier alpha value is -2.41. The summed E-state index contributed by atoms with van der Waals surface area (Å²) in [6.45, 7) is 0. The maximum absolute atomic E-state index is 10.4. The normalized spacial score (nSPS) is 19.1. The molecule has 0 N–H and O–H groups in total. The number of allylic oxidation sites excluding steroid dienone is 10. The second kappa shape index (κ2) is 5.70. The SMILES string of the molecule is O=CC=CC=C1C=CC2=C(CCC=C2)c2ccccc21. The second-order valence-electron chi connectivity index (χ2n) is 4.90. The Morgan fingerprint density at radius 3 is 2.65 bits per heavy atom. The Kier molecular flexibility index (Phi) is 3.60. The van der Waals surface area contributed by atoms with Crippen molar-refractivity contribution in [2.75, 3.05) is 0 Å². The summed E-state index contributed by atoms with van der Waals surface area (Å²) in [4.78, 5) is 10.4. The third-order valence-corrected chi connectivity index (χ3v) is 3.68. The fraction of sp³-hybridized carbons (Fsp3) is 0.105. The fourth-order valence-corrected chi connectivity index (χ4v) is 2.75. The Balaban J connectivity index is 2.16. The molecule has 0 aliphatic heterocycles. The first kappa shape index (κ1) is 12.6. The van der Waals surface area contributed by atoms with E-state index in [2.05, 4.69) is 48.6 Å². The summed E-state index contributed by atoms with van der Waals surface area (Å²) in [5.41, 5.74) is 6.40. The number of fused-ring (bicyclic) bond motifs is 2. The van der Waals surface area contributed by atoms with E-state index in [1.54, 1.807) is 6.08 Å². The Morgan fingerprint density at radius 1 is 0.950 bits per heavy atom. The van der Waals surface area contributed by atoms with Crippen molar-refractivity contribution in [3.8, 4) is 0 Å². The summed E-state index contributed by atoms with van der Waals surface area (Å²) in [5, 5.41) is 0. The van der Waals surface area contributed by atoms with Crippen molar-refractivity contribution in [2.45, 2.75) is 12.8 Å². The predicted octanol–water partition coefficient (Wildman–Crippen LogP) is 4.50. The van der Waals surface area contributed by atoms with Crippen LogP contribution in [-0.2, 0) is 4.79 Å². The van der Waals surface area contributed by atoms with Gasteiger partial charge in [-0.2, -0.15) is 0 Å². The fourth-order valence-electron chi connectivity index (χ4n) is 2.75. The number of hydrogen-bond donors (Lipinski definition) is 0. The van der Waals surface area contributed by atoms with Gasteiger partial charge in [-0.25, -0.2) is 0 Å². The predicted molar refractivity (Wildman–Crippen MR) is 84.1 cm³/mol. The van der Waals surface area contributed by atoms with Gasteiger partial charge >= 0.3 is 0 Å². The molecular formula is C19H16O. The first-order valence-corrected chi connectivity index (χ1v) is 6.90. The molecule has 0 bridgehead atoms. The van der Waals surface area contributed by atoms with Crippen molar-refractivity contribution in [2.24, 2.45) is 0 Å². The summed E-state index contributed by atoms with van der Waals surface area (Å²) >= 11 is 0. The van der Waals surface area contributed by atoms with E-state index in [-0.39, 0.29) is 0 Å². The zero-order valence-corrected chi connectivity index (χ0v) is 11.3. The molecule has 20 heavy (non-hydrogen) atoms. The van der Waals surface area contributed by atoms with Crippen LogP contribution < -0.4 is 0 Å². The molecule has 0 saturated carbocycles. The molecule has 2 aliphatic rings. The van der Waals surface area contributed by atoms with E-state index in [0.29, 0.717) is 0 Å². The van der Waals surface area contributed by atoms with Crippen LogP contribution in [0.1, 0.15) is 24.0 Å². The van der Waals surface area contributed by atoms with E-state index in [4.69, 9.17) is 0 Å². The van der Waals surface area contributed by atoms with Crippen LogP contribution in [0.25, 0.3) is 11.1 Å². The van der Waals surface area contributed by atoms with Crippen LogP contribution in [0.15, 0.2) is 72.4 Å². The Labute approximate surface area is 119 Å². The van der Waals surface area contributed by atoms with Crippen LogP contribution in [0.2, 0.25) is 0 Å². The van der Waals surface area contributed by atoms with E-state index in [1.165, 1.54) is 28.3 Å². The molecule has 0 aromatic heterocycles. The standard InChI is InChI=1S/C19H16O/c20-14-6-5-8-16-13-12-15-7-1-2-9-17(15)19-11-4-3-10-18(16)19/h1,3-8,10-14H,2,9H2. The first-order valence-electron chi connectivity index (χ1n) is 6.90. The van der Waals surface area contributed by atoms with E-state index >= 15 is 0 Å². The first-order chi connectivity index (χ1) is 9.90. The molecule has 1 aromatic carbocycles. The molecule has 1 nitrogen and oxygen atoms in total. The molecule has 0 spiro atoms. The van der Waals surface area contributed by atoms with Crippen molar-refractivity contribution in [1.29, 1.82) is 0 Å². The molecule has 0 amide bonds. The quantitative estimate of drug-likeness (QED) is 0.565. The van der Waals surface area contributed by atoms with Crippen LogP contribution in [0, 0.1) is 0 Å². The van der Waals surface area contributed by atoms with Gasteiger partial charge in [0.2, 0.25) is 0 Å². The second-order valence-corrected chi connectivity index (χ2v) is 4.90. The summed E-state index contributed by atoms with van der Waals surface area (Å²) in [6.07, 6.45) is 17.0. The molecule has 0 radical (unpaired) electrons. The number of benzene rings is 1. The molecule has 0 heterocycles. The lowest BCUT2D eigenvalue weighted by molar-refractivity contribution is -0.104. The Bertz CT molecular complexity index is 681. The minimum absolute atomic E-state index is 0.801. The van der Waals surface area contributed by atoms with Crippen LogP contribution >= 0.6 is 0 Å². The van der Waals surface area contributed by atoms with E-state index < -0.39 is 0 Å². The van der Waals surface area contributed by atoms with Gasteiger partial charge in [-0.3, -0.25) is 4.79 Å². The molecule has 0 saturated heterocycles. The molecule has 1 aromatic rings. The van der Waals surface area contributed by atoms with Gasteiger partial charge in [-0.1, -0.05) is 60.7 Å². The molecule has 2 aliphatic carbocycles. The average molecular weight is 260 g/mol. The summed E-state index contributed by atoms with van der Waals surface area (Å²) in [6, 6.07) is 8.49. The summed E-state index contributed by atoms with van der Waals surface area (Å²) < 4.78 is 0. The van der Waals surface area contributed by atoms with E-state index in [9.17, 15) is 4.79 Å². The van der Waals surface area contributed by atoms with Crippen LogP contribution in [0.3, 0.4) is 0 Å². The van der Waals surface area contributed by atoms with Gasteiger partial charge in [0.1, 0.15) is 6.29 Å². The van der Waals surface area contributed by atoms with Gasteiger partial charge in [0.05, 0.1) is 0 Å². The van der Waals surface area contributed by atoms with Crippen molar-refractivity contribution in [3.63, 3.8) is 0 Å². The van der Waals surface area contributed by atoms with E-state index in [1.807, 2.05) is 6.08 Å². The minimum atomic E-state index is 0.801. The highest BCUT2D eigenvalue weighted by Crippen LogP contribution is 2.37. The summed E-state index contributed by atoms with van der Waals surface area (Å²) in [7, 11) is 0. The zero-order chi connectivity index (χ0) is 13.8. The third kappa shape index (κ3) is 2.35. The molecular weight excluding hydrogens is 244 g/mol. The van der Waals surface area contributed by atoms with Gasteiger partial charge in [0, 0.05) is 0 Å². The molecule has 0 fully saturated rings. The summed E-state index contributed by atoms with van der Waals surface area (Å²) in [5.74, 6) is 0. The van der Waals surface area contributed by atoms with Crippen LogP contribution in [-0.4, -0.2) is 6.29 Å². The number of carbonyl (C=O) groups excluding carboxylic acids is 1. The third-order valence-electron chi connectivity index (χ3n) is 3.68. The molecule has 0 unspecified atom stereocenters. The number of rotatable bonds is 2. The average Bonchev–Trinajstić information content (AvgIpc) is 2.66. The van der Waals surface area contributed by atoms with Gasteiger partial charge in [0.15, 0.2) is 0 Å². The van der Waals surface area contributed by atoms with Gasteiger partial charge < -0.3 is 0 Å². The number of hydrogen-bond acceptors (Lipinski definition) is 1. The van der Waals surface area contributed by atoms with Crippen LogP contribution in [0.4, 0.5) is 0 Å². The molecule has 0 atom stereocenters. The van der Waals surface area contributed by atoms with Gasteiger partial charge in [-0.05, 0) is 46.8 Å². The van der Waals surface area contributed by atoms with E-state index in [0.717, 1.165) is 24.7 Å². The lowest BCUT2D eigenvalue weighted by Crippen LogP contribution is -1.95. The highest BCUT2D eigenvalue weighted by atomic mass is 16.1. The van der Waals surface area contributed by atoms with Crippen molar-refractivity contribution in [1.82, 2.24) is 0 Å². The van der Waals surface area contributed by atoms with Crippen molar-refractivity contribution in [3.05, 3.63) is 83.5 Å². The smallest absolute Gasteiger partial charge is 0.142 e. The highest BCUT2D eigenvalue weighted by molar-refractivity contribution is 5.90. The largest absolute Gasteiger partial charge is 0.299 e. The number of aldehydes is 1. The van der Waals surface area contributed by atoms with Crippen molar-refractivity contribution >= 4 is 17.4 Å². The molecule has 1 heteroatoms. The lowest BCUT2D eigenvalue weighted by atomic mass is 9.89. The highest BCUT2D eigenvalue weighted by Gasteiger charge is 2.16. The lowest BCUT2D eigenvalue weighted by Gasteiger charge is -2.15. The minimum Gasteiger partial charge on any atom is -0.299 e. The van der Waals surface area contributed by atoms with Crippen molar-refractivity contribution < 1.29 is 4.79 Å². The maximum atomic E-state index is 10.4. The van der Waals surface area contributed by atoms with Crippen LogP contribution in [0.5, 0.6) is 0 Å².